The second-order valence-electron chi connectivity index (χ2n) is 5.09. The highest BCUT2D eigenvalue weighted by atomic mass is 16.5. The fraction of sp³-hybridized carbons (Fsp3) is 0.278. The molecule has 5 heteroatoms. The number of hydrogen-bond donors (Lipinski definition) is 2. The van der Waals surface area contributed by atoms with Crippen LogP contribution in [0, 0.1) is 6.92 Å². The highest BCUT2D eigenvalue weighted by Crippen LogP contribution is 2.20. The fourth-order valence-electron chi connectivity index (χ4n) is 2.19. The van der Waals surface area contributed by atoms with Crippen LogP contribution in [-0.4, -0.2) is 19.7 Å². The van der Waals surface area contributed by atoms with E-state index in [9.17, 15) is 0 Å². The summed E-state index contributed by atoms with van der Waals surface area (Å²) in [7, 11) is 1.63. The lowest BCUT2D eigenvalue weighted by Gasteiger charge is -2.09. The molecule has 0 fully saturated rings. The maximum atomic E-state index is 5.93. The van der Waals surface area contributed by atoms with Crippen molar-refractivity contribution in [3.8, 4) is 11.5 Å². The van der Waals surface area contributed by atoms with Gasteiger partial charge in [-0.2, -0.15) is 0 Å². The molecule has 122 valence electrons. The zero-order chi connectivity index (χ0) is 16.7. The molecule has 2 rings (SSSR count). The van der Waals surface area contributed by atoms with E-state index in [0.717, 1.165) is 28.3 Å². The van der Waals surface area contributed by atoms with Gasteiger partial charge in [-0.1, -0.05) is 18.2 Å². The lowest BCUT2D eigenvalue weighted by molar-refractivity contribution is 0.338. The number of methoxy groups -OCH3 is 1. The van der Waals surface area contributed by atoms with Gasteiger partial charge in [-0.05, 0) is 43.2 Å². The Morgan fingerprint density at radius 3 is 2.74 bits per heavy atom. The SMILES string of the molecule is CCOc1ccc(CN=C(N)Nc2cccc(OC)c2)cc1C. The van der Waals surface area contributed by atoms with Gasteiger partial charge in [-0.15, -0.1) is 0 Å². The number of benzene rings is 2. The van der Waals surface area contributed by atoms with Gasteiger partial charge in [0, 0.05) is 11.8 Å². The molecule has 2 aromatic rings. The van der Waals surface area contributed by atoms with Gasteiger partial charge >= 0.3 is 0 Å². The van der Waals surface area contributed by atoms with Crippen LogP contribution in [0.15, 0.2) is 47.5 Å². The normalized spacial score (nSPS) is 11.2. The third-order valence-corrected chi connectivity index (χ3v) is 3.31. The third kappa shape index (κ3) is 4.92. The van der Waals surface area contributed by atoms with Crippen molar-refractivity contribution in [3.63, 3.8) is 0 Å². The molecule has 0 saturated heterocycles. The zero-order valence-electron chi connectivity index (χ0n) is 13.8. The van der Waals surface area contributed by atoms with E-state index in [-0.39, 0.29) is 0 Å². The van der Waals surface area contributed by atoms with Crippen LogP contribution < -0.4 is 20.5 Å². The second kappa shape index (κ2) is 8.08. The number of anilines is 1. The highest BCUT2D eigenvalue weighted by molar-refractivity contribution is 5.92. The summed E-state index contributed by atoms with van der Waals surface area (Å²) in [5, 5.41) is 3.06. The van der Waals surface area contributed by atoms with Crippen molar-refractivity contribution in [2.75, 3.05) is 19.0 Å². The summed E-state index contributed by atoms with van der Waals surface area (Å²) in [6.45, 7) is 5.17. The molecule has 0 spiro atoms. The van der Waals surface area contributed by atoms with Crippen LogP contribution in [0.25, 0.3) is 0 Å². The molecule has 2 aromatic carbocycles. The minimum Gasteiger partial charge on any atom is -0.497 e. The van der Waals surface area contributed by atoms with Gasteiger partial charge in [0.05, 0.1) is 20.3 Å². The lowest BCUT2D eigenvalue weighted by atomic mass is 10.1. The molecule has 3 N–H and O–H groups in total. The number of nitrogens with one attached hydrogen (secondary N) is 1. The van der Waals surface area contributed by atoms with E-state index in [2.05, 4.69) is 16.4 Å². The van der Waals surface area contributed by atoms with Gasteiger partial charge < -0.3 is 20.5 Å². The Morgan fingerprint density at radius 1 is 1.22 bits per heavy atom. The largest absolute Gasteiger partial charge is 0.497 e. The Balaban J connectivity index is 2.00. The summed E-state index contributed by atoms with van der Waals surface area (Å²) in [6.07, 6.45) is 0. The molecule has 0 atom stereocenters. The van der Waals surface area contributed by atoms with E-state index < -0.39 is 0 Å². The van der Waals surface area contributed by atoms with E-state index in [1.807, 2.05) is 50.2 Å². The van der Waals surface area contributed by atoms with Crippen LogP contribution in [0.3, 0.4) is 0 Å². The standard InChI is InChI=1S/C18H23N3O2/c1-4-23-17-9-8-14(10-13(17)2)12-20-18(19)21-15-6-5-7-16(11-15)22-3/h5-11H,4,12H2,1-3H3,(H3,19,20,21). The van der Waals surface area contributed by atoms with Gasteiger partial charge in [-0.3, -0.25) is 0 Å². The first-order chi connectivity index (χ1) is 11.1. The Kier molecular flexibility index (Phi) is 5.86. The first-order valence-electron chi connectivity index (χ1n) is 7.55. The lowest BCUT2D eigenvalue weighted by Crippen LogP contribution is -2.22. The quantitative estimate of drug-likeness (QED) is 0.634. The van der Waals surface area contributed by atoms with E-state index in [1.165, 1.54) is 0 Å². The van der Waals surface area contributed by atoms with Crippen molar-refractivity contribution >= 4 is 11.6 Å². The number of guanidine groups is 1. The fourth-order valence-corrected chi connectivity index (χ4v) is 2.19. The monoisotopic (exact) mass is 313 g/mol. The molecule has 0 aliphatic heterocycles. The number of aliphatic imine (C=N–C) groups is 1. The molecule has 0 aliphatic carbocycles. The number of ether oxygens (including phenoxy) is 2. The minimum absolute atomic E-state index is 0.366. The molecule has 5 nitrogen and oxygen atoms in total. The van der Waals surface area contributed by atoms with Crippen molar-refractivity contribution in [1.29, 1.82) is 0 Å². The number of aryl methyl sites for hydroxylation is 1. The Labute approximate surface area is 137 Å². The van der Waals surface area contributed by atoms with Crippen molar-refractivity contribution < 1.29 is 9.47 Å². The maximum Gasteiger partial charge on any atom is 0.193 e. The van der Waals surface area contributed by atoms with E-state index >= 15 is 0 Å². The molecule has 23 heavy (non-hydrogen) atoms. The summed E-state index contributed by atoms with van der Waals surface area (Å²) in [4.78, 5) is 4.36. The number of nitrogens with two attached hydrogens (primary N) is 1. The topological polar surface area (TPSA) is 68.9 Å². The molecule has 0 aliphatic rings. The van der Waals surface area contributed by atoms with Gasteiger partial charge in [0.2, 0.25) is 0 Å². The van der Waals surface area contributed by atoms with Crippen LogP contribution in [0.1, 0.15) is 18.1 Å². The zero-order valence-corrected chi connectivity index (χ0v) is 13.8. The summed E-state index contributed by atoms with van der Waals surface area (Å²) >= 11 is 0. The van der Waals surface area contributed by atoms with Crippen LogP contribution in [0.2, 0.25) is 0 Å². The molecule has 0 amide bonds. The molecular weight excluding hydrogens is 290 g/mol. The number of rotatable bonds is 6. The maximum absolute atomic E-state index is 5.93. The Morgan fingerprint density at radius 2 is 2.04 bits per heavy atom. The molecule has 0 saturated carbocycles. The van der Waals surface area contributed by atoms with Crippen molar-refractivity contribution in [2.24, 2.45) is 10.7 Å². The molecule has 0 radical (unpaired) electrons. The molecule has 0 unspecified atom stereocenters. The van der Waals surface area contributed by atoms with Gasteiger partial charge in [0.15, 0.2) is 5.96 Å². The van der Waals surface area contributed by atoms with E-state index in [4.69, 9.17) is 15.2 Å². The average Bonchev–Trinajstić information content (AvgIpc) is 2.55. The molecular formula is C18H23N3O2. The van der Waals surface area contributed by atoms with E-state index in [1.54, 1.807) is 7.11 Å². The van der Waals surface area contributed by atoms with Crippen molar-refractivity contribution in [2.45, 2.75) is 20.4 Å². The first-order valence-corrected chi connectivity index (χ1v) is 7.55. The predicted octanol–water partition coefficient (Wildman–Crippen LogP) is 3.33. The summed E-state index contributed by atoms with van der Waals surface area (Å²) in [5.41, 5.74) is 8.96. The average molecular weight is 313 g/mol. The summed E-state index contributed by atoms with van der Waals surface area (Å²) in [5.74, 6) is 2.04. The Hall–Kier alpha value is -2.69. The van der Waals surface area contributed by atoms with Crippen LogP contribution in [0.5, 0.6) is 11.5 Å². The third-order valence-electron chi connectivity index (χ3n) is 3.31. The van der Waals surface area contributed by atoms with Crippen LogP contribution >= 0.6 is 0 Å². The van der Waals surface area contributed by atoms with Gasteiger partial charge in [-0.25, -0.2) is 4.99 Å². The molecule has 0 bridgehead atoms. The van der Waals surface area contributed by atoms with Crippen LogP contribution in [0.4, 0.5) is 5.69 Å². The van der Waals surface area contributed by atoms with Crippen molar-refractivity contribution in [1.82, 2.24) is 0 Å². The van der Waals surface area contributed by atoms with Gasteiger partial charge in [0.25, 0.3) is 0 Å². The summed E-state index contributed by atoms with van der Waals surface area (Å²) < 4.78 is 10.7. The second-order valence-corrected chi connectivity index (χ2v) is 5.09. The van der Waals surface area contributed by atoms with Crippen molar-refractivity contribution in [3.05, 3.63) is 53.6 Å². The Bertz CT molecular complexity index is 684. The number of hydrogen-bond acceptors (Lipinski definition) is 3. The highest BCUT2D eigenvalue weighted by Gasteiger charge is 2.01. The minimum atomic E-state index is 0.366. The number of nitrogens with zero attached hydrogens (tertiary/aromatic N) is 1. The first kappa shape index (κ1) is 16.7. The molecule has 0 heterocycles. The summed E-state index contributed by atoms with van der Waals surface area (Å²) in [6, 6.07) is 13.6. The van der Waals surface area contributed by atoms with E-state index in [0.29, 0.717) is 19.1 Å². The predicted molar refractivity (Wildman–Crippen MR) is 94.3 cm³/mol. The molecule has 0 aromatic heterocycles. The van der Waals surface area contributed by atoms with Crippen LogP contribution in [-0.2, 0) is 6.54 Å². The smallest absolute Gasteiger partial charge is 0.193 e. The van der Waals surface area contributed by atoms with Gasteiger partial charge in [0.1, 0.15) is 11.5 Å².